The van der Waals surface area contributed by atoms with Gasteiger partial charge < -0.3 is 10.2 Å². The molecule has 0 aromatic heterocycles. The van der Waals surface area contributed by atoms with Crippen molar-refractivity contribution in [1.82, 2.24) is 4.90 Å². The smallest absolute Gasteiger partial charge is 0.321 e. The van der Waals surface area contributed by atoms with Gasteiger partial charge in [-0.3, -0.25) is 0 Å². The van der Waals surface area contributed by atoms with Gasteiger partial charge in [-0.25, -0.2) is 4.79 Å². The maximum absolute atomic E-state index is 12.1. The van der Waals surface area contributed by atoms with Crippen LogP contribution < -0.4 is 5.32 Å². The molecule has 0 radical (unpaired) electrons. The Balaban J connectivity index is 2.00. The van der Waals surface area contributed by atoms with Crippen LogP contribution in [-0.4, -0.2) is 24.0 Å². The van der Waals surface area contributed by atoms with Crippen molar-refractivity contribution in [3.8, 4) is 6.07 Å². The van der Waals surface area contributed by atoms with Crippen molar-refractivity contribution in [2.75, 3.05) is 18.4 Å². The van der Waals surface area contributed by atoms with Gasteiger partial charge in [0, 0.05) is 23.8 Å². The molecule has 1 aromatic carbocycles. The number of nitriles is 1. The summed E-state index contributed by atoms with van der Waals surface area (Å²) < 4.78 is 0. The number of halogens is 1. The standard InChI is InChI=1S/C14H16ClN3O/c1-10-4-5-12(7-13(10)15)17-14(19)18-6-2-3-11(8-16)9-18/h4-5,7,11H,2-3,6,9H2,1H3,(H,17,19). The summed E-state index contributed by atoms with van der Waals surface area (Å²) >= 11 is 6.02. The highest BCUT2D eigenvalue weighted by Crippen LogP contribution is 2.21. The van der Waals surface area contributed by atoms with Crippen LogP contribution in [-0.2, 0) is 0 Å². The fraction of sp³-hybridized carbons (Fsp3) is 0.429. The van der Waals surface area contributed by atoms with Gasteiger partial charge in [-0.1, -0.05) is 17.7 Å². The predicted molar refractivity (Wildman–Crippen MR) is 75.1 cm³/mol. The Bertz CT molecular complexity index is 524. The van der Waals surface area contributed by atoms with Crippen molar-refractivity contribution in [3.05, 3.63) is 28.8 Å². The highest BCUT2D eigenvalue weighted by molar-refractivity contribution is 6.31. The molecule has 0 bridgehead atoms. The fourth-order valence-corrected chi connectivity index (χ4v) is 2.32. The van der Waals surface area contributed by atoms with Crippen molar-refractivity contribution >= 4 is 23.3 Å². The molecule has 0 aliphatic carbocycles. The van der Waals surface area contributed by atoms with Crippen molar-refractivity contribution in [1.29, 1.82) is 5.26 Å². The molecule has 1 aliphatic rings. The van der Waals surface area contributed by atoms with Crippen molar-refractivity contribution < 1.29 is 4.79 Å². The van der Waals surface area contributed by atoms with Crippen LogP contribution in [0.4, 0.5) is 10.5 Å². The first kappa shape index (κ1) is 13.7. The van der Waals surface area contributed by atoms with Crippen LogP contribution in [0.3, 0.4) is 0 Å². The maximum Gasteiger partial charge on any atom is 0.321 e. The normalized spacial score (nSPS) is 18.8. The van der Waals surface area contributed by atoms with Crippen LogP contribution in [0.5, 0.6) is 0 Å². The number of carbonyl (C=O) groups is 1. The monoisotopic (exact) mass is 277 g/mol. The third-order valence-electron chi connectivity index (χ3n) is 3.31. The third kappa shape index (κ3) is 3.39. The molecule has 19 heavy (non-hydrogen) atoms. The number of benzene rings is 1. The van der Waals surface area contributed by atoms with Gasteiger partial charge in [0.05, 0.1) is 12.0 Å². The van der Waals surface area contributed by atoms with Crippen LogP contribution in [0.2, 0.25) is 5.02 Å². The fourth-order valence-electron chi connectivity index (χ4n) is 2.14. The zero-order valence-corrected chi connectivity index (χ0v) is 11.6. The average molecular weight is 278 g/mol. The molecule has 0 saturated carbocycles. The number of anilines is 1. The van der Waals surface area contributed by atoms with E-state index in [-0.39, 0.29) is 11.9 Å². The number of carbonyl (C=O) groups excluding carboxylic acids is 1. The average Bonchev–Trinajstić information content (AvgIpc) is 2.43. The lowest BCUT2D eigenvalue weighted by Crippen LogP contribution is -2.42. The minimum Gasteiger partial charge on any atom is -0.323 e. The highest BCUT2D eigenvalue weighted by Gasteiger charge is 2.23. The molecule has 1 aliphatic heterocycles. The Hall–Kier alpha value is -1.73. The summed E-state index contributed by atoms with van der Waals surface area (Å²) in [6, 6.07) is 7.49. The van der Waals surface area contributed by atoms with E-state index in [0.717, 1.165) is 18.4 Å². The SMILES string of the molecule is Cc1ccc(NC(=O)N2CCCC(C#N)C2)cc1Cl. The van der Waals surface area contributed by atoms with E-state index in [9.17, 15) is 4.79 Å². The number of nitrogens with zero attached hydrogens (tertiary/aromatic N) is 2. The summed E-state index contributed by atoms with van der Waals surface area (Å²) in [7, 11) is 0. The lowest BCUT2D eigenvalue weighted by atomic mass is 10.0. The van der Waals surface area contributed by atoms with Gasteiger partial charge in [-0.05, 0) is 37.5 Å². The number of aryl methyl sites for hydroxylation is 1. The van der Waals surface area contributed by atoms with Gasteiger partial charge in [0.15, 0.2) is 0 Å². The van der Waals surface area contributed by atoms with E-state index in [2.05, 4.69) is 11.4 Å². The van der Waals surface area contributed by atoms with Crippen LogP contribution in [0.25, 0.3) is 0 Å². The summed E-state index contributed by atoms with van der Waals surface area (Å²) in [5, 5.41) is 12.4. The lowest BCUT2D eigenvalue weighted by molar-refractivity contribution is 0.189. The number of amides is 2. The van der Waals surface area contributed by atoms with E-state index in [1.807, 2.05) is 19.1 Å². The second-order valence-corrected chi connectivity index (χ2v) is 5.22. The molecule has 2 amide bonds. The summed E-state index contributed by atoms with van der Waals surface area (Å²) in [5.74, 6) is -0.0545. The summed E-state index contributed by atoms with van der Waals surface area (Å²) in [5.41, 5.74) is 1.65. The number of nitrogens with one attached hydrogen (secondary N) is 1. The van der Waals surface area contributed by atoms with E-state index in [1.54, 1.807) is 11.0 Å². The number of urea groups is 1. The Morgan fingerprint density at radius 3 is 3.05 bits per heavy atom. The molecule has 1 fully saturated rings. The second kappa shape index (κ2) is 5.94. The number of rotatable bonds is 1. The Morgan fingerprint density at radius 1 is 1.58 bits per heavy atom. The minimum atomic E-state index is -0.167. The molecule has 1 saturated heterocycles. The first-order chi connectivity index (χ1) is 9.10. The third-order valence-corrected chi connectivity index (χ3v) is 3.72. The molecular weight excluding hydrogens is 262 g/mol. The van der Waals surface area contributed by atoms with E-state index < -0.39 is 0 Å². The van der Waals surface area contributed by atoms with Crippen molar-refractivity contribution in [2.24, 2.45) is 5.92 Å². The highest BCUT2D eigenvalue weighted by atomic mass is 35.5. The molecule has 1 heterocycles. The molecule has 100 valence electrons. The van der Waals surface area contributed by atoms with Crippen molar-refractivity contribution in [2.45, 2.75) is 19.8 Å². The largest absolute Gasteiger partial charge is 0.323 e. The molecule has 2 rings (SSSR count). The zero-order chi connectivity index (χ0) is 13.8. The molecule has 1 atom stereocenters. The van der Waals surface area contributed by atoms with Crippen LogP contribution in [0, 0.1) is 24.2 Å². The quantitative estimate of drug-likeness (QED) is 0.855. The molecule has 1 aromatic rings. The van der Waals surface area contributed by atoms with Gasteiger partial charge in [0.2, 0.25) is 0 Å². The van der Waals surface area contributed by atoms with Gasteiger partial charge in [0.1, 0.15) is 0 Å². The van der Waals surface area contributed by atoms with Gasteiger partial charge in [-0.2, -0.15) is 5.26 Å². The summed E-state index contributed by atoms with van der Waals surface area (Å²) in [6.45, 7) is 3.11. The second-order valence-electron chi connectivity index (χ2n) is 4.81. The molecule has 4 nitrogen and oxygen atoms in total. The molecule has 1 N–H and O–H groups in total. The van der Waals surface area contributed by atoms with E-state index in [1.165, 1.54) is 0 Å². The van der Waals surface area contributed by atoms with E-state index >= 15 is 0 Å². The van der Waals surface area contributed by atoms with Crippen LogP contribution >= 0.6 is 11.6 Å². The molecular formula is C14H16ClN3O. The van der Waals surface area contributed by atoms with Gasteiger partial charge in [-0.15, -0.1) is 0 Å². The Kier molecular flexibility index (Phi) is 4.28. The number of hydrogen-bond donors (Lipinski definition) is 1. The first-order valence-electron chi connectivity index (χ1n) is 6.32. The molecule has 5 heteroatoms. The maximum atomic E-state index is 12.1. The van der Waals surface area contributed by atoms with Crippen molar-refractivity contribution in [3.63, 3.8) is 0 Å². The first-order valence-corrected chi connectivity index (χ1v) is 6.69. The Labute approximate surface area is 118 Å². The van der Waals surface area contributed by atoms with Gasteiger partial charge in [0.25, 0.3) is 0 Å². The summed E-state index contributed by atoms with van der Waals surface area (Å²) in [6.07, 6.45) is 1.75. The summed E-state index contributed by atoms with van der Waals surface area (Å²) in [4.78, 5) is 13.8. The van der Waals surface area contributed by atoms with E-state index in [4.69, 9.17) is 16.9 Å². The van der Waals surface area contributed by atoms with Gasteiger partial charge >= 0.3 is 6.03 Å². The number of piperidine rings is 1. The lowest BCUT2D eigenvalue weighted by Gasteiger charge is -2.29. The zero-order valence-electron chi connectivity index (χ0n) is 10.8. The minimum absolute atomic E-state index is 0.0545. The topological polar surface area (TPSA) is 56.1 Å². The van der Waals surface area contributed by atoms with Crippen LogP contribution in [0.1, 0.15) is 18.4 Å². The Morgan fingerprint density at radius 2 is 2.37 bits per heavy atom. The molecule has 0 spiro atoms. The van der Waals surface area contributed by atoms with Crippen LogP contribution in [0.15, 0.2) is 18.2 Å². The predicted octanol–water partition coefficient (Wildman–Crippen LogP) is 3.42. The number of likely N-dealkylation sites (tertiary alicyclic amines) is 1. The van der Waals surface area contributed by atoms with E-state index in [0.29, 0.717) is 23.8 Å². The number of hydrogen-bond acceptors (Lipinski definition) is 2. The molecule has 1 unspecified atom stereocenters.